The van der Waals surface area contributed by atoms with Gasteiger partial charge < -0.3 is 9.64 Å². The number of ether oxygens (including phenoxy) is 1. The highest BCUT2D eigenvalue weighted by Gasteiger charge is 2.24. The molecule has 0 unspecified atom stereocenters. The molecular formula is C19H23N5OS. The maximum absolute atomic E-state index is 5.89. The maximum atomic E-state index is 5.89. The summed E-state index contributed by atoms with van der Waals surface area (Å²) in [5.41, 5.74) is 2.15. The van der Waals surface area contributed by atoms with Gasteiger partial charge in [-0.25, -0.2) is 15.0 Å². The highest BCUT2D eigenvalue weighted by atomic mass is 32.1. The fourth-order valence-corrected chi connectivity index (χ4v) is 4.44. The first-order valence-electron chi connectivity index (χ1n) is 8.99. The van der Waals surface area contributed by atoms with E-state index in [1.54, 1.807) is 30.1 Å². The molecule has 1 fully saturated rings. The van der Waals surface area contributed by atoms with Crippen molar-refractivity contribution in [1.82, 2.24) is 19.9 Å². The summed E-state index contributed by atoms with van der Waals surface area (Å²) >= 11 is 1.75. The van der Waals surface area contributed by atoms with Crippen LogP contribution in [0.3, 0.4) is 0 Å². The van der Waals surface area contributed by atoms with Gasteiger partial charge in [0.05, 0.1) is 17.7 Å². The molecule has 0 amide bonds. The van der Waals surface area contributed by atoms with Gasteiger partial charge in [0, 0.05) is 30.4 Å². The smallest absolute Gasteiger partial charge is 0.235 e. The van der Waals surface area contributed by atoms with E-state index in [4.69, 9.17) is 4.74 Å². The number of hydrogen-bond donors (Lipinski definition) is 0. The Bertz CT molecular complexity index is 917. The molecule has 0 aliphatic carbocycles. The Morgan fingerprint density at radius 2 is 1.85 bits per heavy atom. The summed E-state index contributed by atoms with van der Waals surface area (Å²) in [5, 5.41) is 1.22. The lowest BCUT2D eigenvalue weighted by Crippen LogP contribution is -2.36. The van der Waals surface area contributed by atoms with Crippen molar-refractivity contribution >= 4 is 27.4 Å². The molecule has 1 saturated heterocycles. The van der Waals surface area contributed by atoms with Gasteiger partial charge in [0.15, 0.2) is 0 Å². The van der Waals surface area contributed by atoms with E-state index in [1.807, 2.05) is 6.92 Å². The molecule has 0 atom stereocenters. The van der Waals surface area contributed by atoms with Crippen molar-refractivity contribution < 1.29 is 4.74 Å². The predicted octanol–water partition coefficient (Wildman–Crippen LogP) is 3.70. The number of aromatic nitrogens is 4. The molecule has 0 spiro atoms. The minimum Gasteiger partial charge on any atom is -0.476 e. The summed E-state index contributed by atoms with van der Waals surface area (Å²) in [6, 6.07) is 0. The van der Waals surface area contributed by atoms with Gasteiger partial charge in [0.2, 0.25) is 5.88 Å². The van der Waals surface area contributed by atoms with E-state index in [-0.39, 0.29) is 0 Å². The van der Waals surface area contributed by atoms with Crippen LogP contribution in [-0.4, -0.2) is 39.6 Å². The van der Waals surface area contributed by atoms with Crippen molar-refractivity contribution in [3.8, 4) is 5.88 Å². The van der Waals surface area contributed by atoms with Gasteiger partial charge in [-0.3, -0.25) is 4.98 Å². The minimum atomic E-state index is 0.537. The Balaban J connectivity index is 1.42. The molecule has 136 valence electrons. The van der Waals surface area contributed by atoms with Crippen LogP contribution in [0, 0.1) is 26.7 Å². The molecule has 0 aromatic carbocycles. The third kappa shape index (κ3) is 3.23. The summed E-state index contributed by atoms with van der Waals surface area (Å²) in [7, 11) is 0. The number of aryl methyl sites for hydroxylation is 3. The largest absolute Gasteiger partial charge is 0.476 e. The molecule has 0 bridgehead atoms. The van der Waals surface area contributed by atoms with Gasteiger partial charge in [0.25, 0.3) is 0 Å². The van der Waals surface area contributed by atoms with E-state index in [9.17, 15) is 0 Å². The Hall–Kier alpha value is -2.28. The first kappa shape index (κ1) is 17.1. The van der Waals surface area contributed by atoms with Crippen LogP contribution in [0.15, 0.2) is 18.7 Å². The number of thiophene rings is 1. The van der Waals surface area contributed by atoms with Crippen molar-refractivity contribution in [1.29, 1.82) is 0 Å². The Morgan fingerprint density at radius 1 is 1.08 bits per heavy atom. The molecule has 4 heterocycles. The Kier molecular flexibility index (Phi) is 4.72. The number of fused-ring (bicyclic) bond motifs is 1. The van der Waals surface area contributed by atoms with Crippen molar-refractivity contribution in [2.75, 3.05) is 24.6 Å². The number of hydrogen-bond acceptors (Lipinski definition) is 7. The van der Waals surface area contributed by atoms with Crippen molar-refractivity contribution in [3.63, 3.8) is 0 Å². The van der Waals surface area contributed by atoms with Crippen LogP contribution >= 0.6 is 11.3 Å². The van der Waals surface area contributed by atoms with E-state index >= 15 is 0 Å². The van der Waals surface area contributed by atoms with Crippen molar-refractivity contribution in [2.24, 2.45) is 5.92 Å². The lowest BCUT2D eigenvalue weighted by atomic mass is 9.97. The Labute approximate surface area is 157 Å². The van der Waals surface area contributed by atoms with Crippen LogP contribution < -0.4 is 9.64 Å². The van der Waals surface area contributed by atoms with Gasteiger partial charge in [-0.1, -0.05) is 0 Å². The average Bonchev–Trinajstić information content (AvgIpc) is 2.96. The fraction of sp³-hybridized carbons (Fsp3) is 0.474. The van der Waals surface area contributed by atoms with Gasteiger partial charge >= 0.3 is 0 Å². The highest BCUT2D eigenvalue weighted by molar-refractivity contribution is 7.18. The van der Waals surface area contributed by atoms with E-state index in [0.717, 1.165) is 42.3 Å². The molecular weight excluding hydrogens is 346 g/mol. The molecule has 0 radical (unpaired) electrons. The normalized spacial score (nSPS) is 15.6. The van der Waals surface area contributed by atoms with Crippen LogP contribution in [0.5, 0.6) is 5.88 Å². The van der Waals surface area contributed by atoms with Gasteiger partial charge in [-0.2, -0.15) is 0 Å². The monoisotopic (exact) mass is 369 g/mol. The first-order valence-corrected chi connectivity index (χ1v) is 9.81. The molecule has 1 aliphatic heterocycles. The molecule has 6 nitrogen and oxygen atoms in total. The maximum Gasteiger partial charge on any atom is 0.235 e. The summed E-state index contributed by atoms with van der Waals surface area (Å²) in [6.07, 6.45) is 7.24. The molecule has 26 heavy (non-hydrogen) atoms. The zero-order valence-electron chi connectivity index (χ0n) is 15.4. The lowest BCUT2D eigenvalue weighted by Gasteiger charge is -2.33. The second-order valence-corrected chi connectivity index (χ2v) is 8.05. The van der Waals surface area contributed by atoms with Crippen LogP contribution in [0.1, 0.15) is 29.0 Å². The standard InChI is InChI=1S/C19H23N5OS/c1-12-14(3)26-19-16(12)17(22-11-23-19)24-8-4-15(5-9-24)10-25-18-13(2)20-6-7-21-18/h6-7,11,15H,4-5,8-10H2,1-3H3. The minimum absolute atomic E-state index is 0.537. The lowest BCUT2D eigenvalue weighted by molar-refractivity contribution is 0.214. The topological polar surface area (TPSA) is 64.0 Å². The molecule has 0 N–H and O–H groups in total. The molecule has 7 heteroatoms. The fourth-order valence-electron chi connectivity index (χ4n) is 3.45. The molecule has 3 aromatic heterocycles. The average molecular weight is 369 g/mol. The molecule has 0 saturated carbocycles. The van der Waals surface area contributed by atoms with E-state index in [0.29, 0.717) is 18.4 Å². The van der Waals surface area contributed by atoms with Gasteiger partial charge in [-0.15, -0.1) is 11.3 Å². The number of rotatable bonds is 4. The van der Waals surface area contributed by atoms with E-state index < -0.39 is 0 Å². The SMILES string of the molecule is Cc1nccnc1OCC1CCN(c2ncnc3sc(C)c(C)c23)CC1. The highest BCUT2D eigenvalue weighted by Crippen LogP contribution is 2.35. The zero-order valence-corrected chi connectivity index (χ0v) is 16.2. The van der Waals surface area contributed by atoms with Gasteiger partial charge in [-0.05, 0) is 45.1 Å². The van der Waals surface area contributed by atoms with Crippen LogP contribution in [-0.2, 0) is 0 Å². The quantitative estimate of drug-likeness (QED) is 0.699. The second-order valence-electron chi connectivity index (χ2n) is 6.85. The molecule has 1 aliphatic rings. The second kappa shape index (κ2) is 7.15. The predicted molar refractivity (Wildman–Crippen MR) is 104 cm³/mol. The van der Waals surface area contributed by atoms with Gasteiger partial charge in [0.1, 0.15) is 17.0 Å². The Morgan fingerprint density at radius 3 is 2.62 bits per heavy atom. The van der Waals surface area contributed by atoms with E-state index in [1.165, 1.54) is 15.8 Å². The van der Waals surface area contributed by atoms with E-state index in [2.05, 4.69) is 38.7 Å². The summed E-state index contributed by atoms with van der Waals surface area (Å²) in [6.45, 7) is 8.94. The summed E-state index contributed by atoms with van der Waals surface area (Å²) in [4.78, 5) is 22.4. The summed E-state index contributed by atoms with van der Waals surface area (Å²) in [5.74, 6) is 2.27. The van der Waals surface area contributed by atoms with Crippen molar-refractivity contribution in [2.45, 2.75) is 33.6 Å². The first-order chi connectivity index (χ1) is 12.6. The van der Waals surface area contributed by atoms with Crippen LogP contribution in [0.2, 0.25) is 0 Å². The number of anilines is 1. The van der Waals surface area contributed by atoms with Crippen LogP contribution in [0.25, 0.3) is 10.2 Å². The third-order valence-corrected chi connectivity index (χ3v) is 6.27. The molecule has 4 rings (SSSR count). The summed E-state index contributed by atoms with van der Waals surface area (Å²) < 4.78 is 5.89. The van der Waals surface area contributed by atoms with Crippen molar-refractivity contribution in [3.05, 3.63) is 34.9 Å². The number of piperidine rings is 1. The zero-order chi connectivity index (χ0) is 18.1. The third-order valence-electron chi connectivity index (χ3n) is 5.15. The van der Waals surface area contributed by atoms with Crippen LogP contribution in [0.4, 0.5) is 5.82 Å². The molecule has 3 aromatic rings. The number of nitrogens with zero attached hydrogens (tertiary/aromatic N) is 5.